The summed E-state index contributed by atoms with van der Waals surface area (Å²) in [6.45, 7) is 7.69. The van der Waals surface area contributed by atoms with E-state index >= 15 is 0 Å². The molecule has 0 aromatic carbocycles. The smallest absolute Gasteiger partial charge is 0.354 e. The minimum atomic E-state index is -0.639. The molecular formula is C18H26N2O5. The van der Waals surface area contributed by atoms with Gasteiger partial charge in [0.2, 0.25) is 5.91 Å². The van der Waals surface area contributed by atoms with E-state index in [2.05, 4.69) is 4.98 Å². The Hall–Kier alpha value is -2.15. The van der Waals surface area contributed by atoms with Gasteiger partial charge >= 0.3 is 5.97 Å². The predicted molar refractivity (Wildman–Crippen MR) is 91.8 cm³/mol. The molecule has 1 fully saturated rings. The van der Waals surface area contributed by atoms with Crippen LogP contribution in [0.15, 0.2) is 0 Å². The average Bonchev–Trinajstić information content (AvgIpc) is 3.18. The molecule has 1 aromatic heterocycles. The third-order valence-corrected chi connectivity index (χ3v) is 4.75. The zero-order chi connectivity index (χ0) is 18.7. The zero-order valence-electron chi connectivity index (χ0n) is 15.5. The quantitative estimate of drug-likeness (QED) is 0.626. The van der Waals surface area contributed by atoms with Crippen molar-refractivity contribution >= 4 is 17.7 Å². The van der Waals surface area contributed by atoms with Crippen molar-refractivity contribution in [2.45, 2.75) is 52.7 Å². The van der Waals surface area contributed by atoms with Gasteiger partial charge in [0, 0.05) is 31.3 Å². The highest BCUT2D eigenvalue weighted by Gasteiger charge is 2.32. The van der Waals surface area contributed by atoms with Crippen LogP contribution in [0, 0.1) is 13.8 Å². The first kappa shape index (κ1) is 19.2. The minimum absolute atomic E-state index is 0.0294. The Labute approximate surface area is 147 Å². The Morgan fingerprint density at radius 3 is 2.56 bits per heavy atom. The molecule has 1 saturated heterocycles. The third kappa shape index (κ3) is 3.92. The number of hydrogen-bond acceptors (Lipinski definition) is 5. The molecule has 7 heteroatoms. The SMILES string of the molecule is COC(=O)c1[nH]c(C)c(C(=O)C(C)N(CC2CCCO2)C(C)=O)c1C. The van der Waals surface area contributed by atoms with E-state index in [0.717, 1.165) is 12.8 Å². The minimum Gasteiger partial charge on any atom is -0.464 e. The molecule has 1 aliphatic heterocycles. The second kappa shape index (κ2) is 7.82. The van der Waals surface area contributed by atoms with Crippen molar-refractivity contribution in [3.05, 3.63) is 22.5 Å². The second-order valence-electron chi connectivity index (χ2n) is 6.46. The Morgan fingerprint density at radius 1 is 1.36 bits per heavy atom. The summed E-state index contributed by atoms with van der Waals surface area (Å²) in [6, 6.07) is -0.639. The van der Waals surface area contributed by atoms with E-state index in [9.17, 15) is 14.4 Å². The van der Waals surface area contributed by atoms with Gasteiger partial charge in [-0.2, -0.15) is 0 Å². The molecule has 0 bridgehead atoms. The van der Waals surface area contributed by atoms with Gasteiger partial charge in [0.15, 0.2) is 5.78 Å². The summed E-state index contributed by atoms with van der Waals surface area (Å²) in [5.41, 5.74) is 1.84. The van der Waals surface area contributed by atoms with Gasteiger partial charge in [-0.1, -0.05) is 0 Å². The molecule has 1 amide bonds. The lowest BCUT2D eigenvalue weighted by Gasteiger charge is -2.29. The van der Waals surface area contributed by atoms with Crippen LogP contribution in [0.25, 0.3) is 0 Å². The van der Waals surface area contributed by atoms with Crippen molar-refractivity contribution in [3.8, 4) is 0 Å². The van der Waals surface area contributed by atoms with Crippen LogP contribution in [0.3, 0.4) is 0 Å². The lowest BCUT2D eigenvalue weighted by Crippen LogP contribution is -2.46. The number of hydrogen-bond donors (Lipinski definition) is 1. The number of carbonyl (C=O) groups excluding carboxylic acids is 3. The summed E-state index contributed by atoms with van der Waals surface area (Å²) < 4.78 is 10.3. The molecule has 0 saturated carbocycles. The number of nitrogens with zero attached hydrogens (tertiary/aromatic N) is 1. The Balaban J connectivity index is 2.26. The van der Waals surface area contributed by atoms with Gasteiger partial charge in [-0.05, 0) is 39.2 Å². The van der Waals surface area contributed by atoms with Gasteiger partial charge < -0.3 is 19.4 Å². The number of Topliss-reactive ketones (excluding diaryl/α,β-unsaturated/α-hetero) is 1. The highest BCUT2D eigenvalue weighted by molar-refractivity contribution is 6.06. The van der Waals surface area contributed by atoms with E-state index in [1.54, 1.807) is 25.7 Å². The summed E-state index contributed by atoms with van der Waals surface area (Å²) in [5, 5.41) is 0. The number of methoxy groups -OCH3 is 1. The molecule has 2 atom stereocenters. The van der Waals surface area contributed by atoms with Crippen molar-refractivity contribution < 1.29 is 23.9 Å². The van der Waals surface area contributed by atoms with Crippen LogP contribution in [-0.4, -0.2) is 60.0 Å². The van der Waals surface area contributed by atoms with Crippen LogP contribution in [-0.2, 0) is 14.3 Å². The molecule has 2 rings (SSSR count). The summed E-state index contributed by atoms with van der Waals surface area (Å²) in [5.74, 6) is -0.889. The number of ketones is 1. The lowest BCUT2D eigenvalue weighted by atomic mass is 9.99. The summed E-state index contributed by atoms with van der Waals surface area (Å²) in [6.07, 6.45) is 1.83. The Bertz CT molecular complexity index is 673. The van der Waals surface area contributed by atoms with Gasteiger partial charge in [0.05, 0.1) is 19.3 Å². The molecule has 2 heterocycles. The Morgan fingerprint density at radius 2 is 2.04 bits per heavy atom. The molecule has 0 spiro atoms. The van der Waals surface area contributed by atoms with Crippen molar-refractivity contribution in [3.63, 3.8) is 0 Å². The van der Waals surface area contributed by atoms with E-state index in [0.29, 0.717) is 30.0 Å². The van der Waals surface area contributed by atoms with Crippen molar-refractivity contribution in [2.24, 2.45) is 0 Å². The molecule has 7 nitrogen and oxygen atoms in total. The fourth-order valence-electron chi connectivity index (χ4n) is 3.34. The number of rotatable bonds is 6. The Kier molecular flexibility index (Phi) is 6.00. The highest BCUT2D eigenvalue weighted by Crippen LogP contribution is 2.23. The van der Waals surface area contributed by atoms with Crippen LogP contribution < -0.4 is 0 Å². The van der Waals surface area contributed by atoms with E-state index in [-0.39, 0.29) is 23.5 Å². The first-order chi connectivity index (χ1) is 11.8. The summed E-state index contributed by atoms with van der Waals surface area (Å²) in [4.78, 5) is 41.4. The van der Waals surface area contributed by atoms with Crippen molar-refractivity contribution in [2.75, 3.05) is 20.3 Å². The van der Waals surface area contributed by atoms with E-state index < -0.39 is 12.0 Å². The van der Waals surface area contributed by atoms with Crippen LogP contribution in [0.2, 0.25) is 0 Å². The number of ether oxygens (including phenoxy) is 2. The molecular weight excluding hydrogens is 324 g/mol. The maximum Gasteiger partial charge on any atom is 0.354 e. The number of carbonyl (C=O) groups is 3. The first-order valence-corrected chi connectivity index (χ1v) is 8.48. The predicted octanol–water partition coefficient (Wildman–Crippen LogP) is 2.02. The molecule has 0 radical (unpaired) electrons. The number of nitrogens with one attached hydrogen (secondary N) is 1. The number of H-pyrrole nitrogens is 1. The topological polar surface area (TPSA) is 88.7 Å². The zero-order valence-corrected chi connectivity index (χ0v) is 15.5. The van der Waals surface area contributed by atoms with Crippen LogP contribution in [0.4, 0.5) is 0 Å². The second-order valence-corrected chi connectivity index (χ2v) is 6.46. The fourth-order valence-corrected chi connectivity index (χ4v) is 3.34. The van der Waals surface area contributed by atoms with E-state index in [4.69, 9.17) is 9.47 Å². The molecule has 138 valence electrons. The number of amides is 1. The summed E-state index contributed by atoms with van der Waals surface area (Å²) >= 11 is 0. The van der Waals surface area contributed by atoms with Crippen LogP contribution in [0.5, 0.6) is 0 Å². The highest BCUT2D eigenvalue weighted by atomic mass is 16.5. The molecule has 2 unspecified atom stereocenters. The van der Waals surface area contributed by atoms with E-state index in [1.165, 1.54) is 14.0 Å². The number of aromatic amines is 1. The van der Waals surface area contributed by atoms with Gasteiger partial charge in [-0.25, -0.2) is 4.79 Å². The number of aromatic nitrogens is 1. The van der Waals surface area contributed by atoms with Crippen molar-refractivity contribution in [1.29, 1.82) is 0 Å². The summed E-state index contributed by atoms with van der Waals surface area (Å²) in [7, 11) is 1.29. The normalized spacial score (nSPS) is 18.0. The molecule has 25 heavy (non-hydrogen) atoms. The lowest BCUT2D eigenvalue weighted by molar-refractivity contribution is -0.131. The van der Waals surface area contributed by atoms with Gasteiger partial charge in [0.25, 0.3) is 0 Å². The number of aryl methyl sites for hydroxylation is 1. The maximum atomic E-state index is 13.0. The van der Waals surface area contributed by atoms with Crippen LogP contribution in [0.1, 0.15) is 58.8 Å². The monoisotopic (exact) mass is 350 g/mol. The maximum absolute atomic E-state index is 13.0. The standard InChI is InChI=1S/C18H26N2O5/c1-10-15(11(2)19-16(10)18(23)24-5)17(22)12(3)20(13(4)21)9-14-7-6-8-25-14/h12,14,19H,6-9H2,1-5H3. The van der Waals surface area contributed by atoms with E-state index in [1.807, 2.05) is 0 Å². The largest absolute Gasteiger partial charge is 0.464 e. The molecule has 0 aliphatic carbocycles. The molecule has 1 aliphatic rings. The molecule has 1 aromatic rings. The third-order valence-electron chi connectivity index (χ3n) is 4.75. The molecule has 1 N–H and O–H groups in total. The fraction of sp³-hybridized carbons (Fsp3) is 0.611. The van der Waals surface area contributed by atoms with Gasteiger partial charge in [-0.3, -0.25) is 9.59 Å². The first-order valence-electron chi connectivity index (χ1n) is 8.48. The van der Waals surface area contributed by atoms with Crippen molar-refractivity contribution in [1.82, 2.24) is 9.88 Å². The van der Waals surface area contributed by atoms with Crippen LogP contribution >= 0.6 is 0 Å². The van der Waals surface area contributed by atoms with Gasteiger partial charge in [0.1, 0.15) is 5.69 Å². The van der Waals surface area contributed by atoms with Gasteiger partial charge in [-0.15, -0.1) is 0 Å². The average molecular weight is 350 g/mol. The number of esters is 1.